The molecule has 4 atom stereocenters. The molecule has 1 aliphatic carbocycles. The van der Waals surface area contributed by atoms with Crippen molar-refractivity contribution in [2.45, 2.75) is 44.6 Å². The predicted molar refractivity (Wildman–Crippen MR) is 112 cm³/mol. The number of aliphatic hydroxyl groups excluding tert-OH is 1. The summed E-state index contributed by atoms with van der Waals surface area (Å²) in [5, 5.41) is 18.8. The van der Waals surface area contributed by atoms with Crippen LogP contribution in [0.5, 0.6) is 0 Å². The molecule has 0 radical (unpaired) electrons. The lowest BCUT2D eigenvalue weighted by atomic mass is 9.88. The van der Waals surface area contributed by atoms with Crippen molar-refractivity contribution in [2.24, 2.45) is 11.8 Å². The van der Waals surface area contributed by atoms with Crippen LogP contribution >= 0.6 is 22.9 Å². The molecular formula is C22H23ClF2O3S. The van der Waals surface area contributed by atoms with Gasteiger partial charge >= 0.3 is 5.97 Å². The van der Waals surface area contributed by atoms with Crippen molar-refractivity contribution in [1.29, 1.82) is 0 Å². The zero-order valence-corrected chi connectivity index (χ0v) is 17.3. The highest BCUT2D eigenvalue weighted by atomic mass is 35.5. The third-order valence-corrected chi connectivity index (χ3v) is 6.68. The van der Waals surface area contributed by atoms with Gasteiger partial charge in [-0.3, -0.25) is 0 Å². The van der Waals surface area contributed by atoms with Gasteiger partial charge in [0, 0.05) is 22.2 Å². The first-order chi connectivity index (χ1) is 13.9. The molecule has 0 bridgehead atoms. The van der Waals surface area contributed by atoms with Crippen LogP contribution in [0.15, 0.2) is 36.4 Å². The summed E-state index contributed by atoms with van der Waals surface area (Å²) < 4.78 is 28.9. The number of halogens is 3. The molecule has 1 saturated carbocycles. The third-order valence-electron chi connectivity index (χ3n) is 5.33. The molecule has 1 aliphatic rings. The minimum atomic E-state index is -1.23. The Kier molecular flexibility index (Phi) is 7.44. The van der Waals surface area contributed by atoms with Crippen molar-refractivity contribution in [3.05, 3.63) is 62.3 Å². The Hall–Kier alpha value is -1.76. The summed E-state index contributed by atoms with van der Waals surface area (Å²) in [4.78, 5) is 12.2. The molecule has 0 spiro atoms. The van der Waals surface area contributed by atoms with E-state index in [2.05, 4.69) is 0 Å². The van der Waals surface area contributed by atoms with Gasteiger partial charge < -0.3 is 10.2 Å². The lowest BCUT2D eigenvalue weighted by Crippen LogP contribution is -2.17. The standard InChI is InChI=1S/C22H23ClF2O3S/c23-15-9-13(8-14(10-15)12-26)4-6-18-17(19(24)11-20(18)25)3-1-2-16-5-7-21(29-16)22(27)28/h4-10,17-20,26H,1-3,11-12H2,(H,27,28)/b6-4+/t17-,18-,19-,20-/m1/s1. The van der Waals surface area contributed by atoms with Gasteiger partial charge in [0.2, 0.25) is 0 Å². The third kappa shape index (κ3) is 5.65. The largest absolute Gasteiger partial charge is 0.477 e. The first kappa shape index (κ1) is 21.9. The van der Waals surface area contributed by atoms with Gasteiger partial charge in [-0.15, -0.1) is 11.3 Å². The van der Waals surface area contributed by atoms with E-state index >= 15 is 0 Å². The number of aryl methyl sites for hydroxylation is 1. The first-order valence-corrected chi connectivity index (χ1v) is 10.8. The van der Waals surface area contributed by atoms with Gasteiger partial charge in [0.05, 0.1) is 6.61 Å². The average Bonchev–Trinajstić information content (AvgIpc) is 3.25. The van der Waals surface area contributed by atoms with Gasteiger partial charge in [-0.05, 0) is 66.6 Å². The van der Waals surface area contributed by atoms with Gasteiger partial charge in [0.1, 0.15) is 17.2 Å². The maximum absolute atomic E-state index is 14.4. The maximum atomic E-state index is 14.4. The van der Waals surface area contributed by atoms with Crippen LogP contribution in [0.3, 0.4) is 0 Å². The Morgan fingerprint density at radius 1 is 1.24 bits per heavy atom. The number of aromatic carboxylic acids is 1. The van der Waals surface area contributed by atoms with E-state index in [-0.39, 0.29) is 17.9 Å². The predicted octanol–water partition coefficient (Wildman–Crippen LogP) is 5.94. The number of alkyl halides is 2. The fourth-order valence-electron chi connectivity index (χ4n) is 3.92. The van der Waals surface area contributed by atoms with Gasteiger partial charge in [0.15, 0.2) is 0 Å². The highest BCUT2D eigenvalue weighted by Gasteiger charge is 2.42. The minimum Gasteiger partial charge on any atom is -0.477 e. The van der Waals surface area contributed by atoms with Crippen LogP contribution in [0.1, 0.15) is 44.9 Å². The average molecular weight is 441 g/mol. The number of benzene rings is 1. The summed E-state index contributed by atoms with van der Waals surface area (Å²) in [5.74, 6) is -1.87. The molecule has 0 aliphatic heterocycles. The van der Waals surface area contributed by atoms with Gasteiger partial charge in [-0.2, -0.15) is 0 Å². The van der Waals surface area contributed by atoms with Crippen LogP contribution in [0.2, 0.25) is 5.02 Å². The van der Waals surface area contributed by atoms with Crippen molar-refractivity contribution < 1.29 is 23.8 Å². The number of rotatable bonds is 8. The minimum absolute atomic E-state index is 0.0979. The molecular weight excluding hydrogens is 418 g/mol. The number of carboxylic acid groups (broad SMARTS) is 1. The van der Waals surface area contributed by atoms with Crippen LogP contribution in [0.4, 0.5) is 8.78 Å². The molecule has 0 saturated heterocycles. The Balaban J connectivity index is 1.63. The molecule has 1 heterocycles. The molecule has 1 fully saturated rings. The normalized spacial score (nSPS) is 24.4. The molecule has 2 aromatic rings. The lowest BCUT2D eigenvalue weighted by Gasteiger charge is -2.19. The van der Waals surface area contributed by atoms with Gasteiger partial charge in [-0.25, -0.2) is 13.6 Å². The van der Waals surface area contributed by atoms with Crippen LogP contribution in [-0.2, 0) is 13.0 Å². The second kappa shape index (κ2) is 9.83. The number of thiophene rings is 1. The van der Waals surface area contributed by atoms with E-state index in [0.717, 1.165) is 10.4 Å². The summed E-state index contributed by atoms with van der Waals surface area (Å²) in [7, 11) is 0. The van der Waals surface area contributed by atoms with Crippen LogP contribution < -0.4 is 0 Å². The molecule has 7 heteroatoms. The molecule has 3 nitrogen and oxygen atoms in total. The lowest BCUT2D eigenvalue weighted by molar-refractivity contribution is 0.0702. The highest BCUT2D eigenvalue weighted by Crippen LogP contribution is 2.41. The molecule has 29 heavy (non-hydrogen) atoms. The smallest absolute Gasteiger partial charge is 0.345 e. The Labute approximate surface area is 177 Å². The van der Waals surface area contributed by atoms with E-state index in [9.17, 15) is 18.7 Å². The molecule has 3 rings (SSSR count). The number of aliphatic hydroxyl groups is 1. The Bertz CT molecular complexity index is 883. The quantitative estimate of drug-likeness (QED) is 0.534. The Morgan fingerprint density at radius 2 is 2.03 bits per heavy atom. The maximum Gasteiger partial charge on any atom is 0.345 e. The fraction of sp³-hybridized carbons (Fsp3) is 0.409. The number of carboxylic acids is 1. The summed E-state index contributed by atoms with van der Waals surface area (Å²) >= 11 is 7.26. The van der Waals surface area contributed by atoms with Crippen molar-refractivity contribution in [2.75, 3.05) is 0 Å². The number of hydrogen-bond acceptors (Lipinski definition) is 3. The van der Waals surface area contributed by atoms with Crippen LogP contribution in [0, 0.1) is 11.8 Å². The summed E-state index contributed by atoms with van der Waals surface area (Å²) in [6.07, 6.45) is 2.80. The first-order valence-electron chi connectivity index (χ1n) is 9.56. The summed E-state index contributed by atoms with van der Waals surface area (Å²) in [5.41, 5.74) is 1.41. The van der Waals surface area contributed by atoms with Crippen molar-refractivity contribution in [3.63, 3.8) is 0 Å². The molecule has 1 aromatic heterocycles. The molecule has 156 valence electrons. The number of carbonyl (C=O) groups is 1. The summed E-state index contributed by atoms with van der Waals surface area (Å²) in [6.45, 7) is -0.141. The second-order valence-corrected chi connectivity index (χ2v) is 8.99. The van der Waals surface area contributed by atoms with Crippen molar-refractivity contribution >= 4 is 35.0 Å². The second-order valence-electron chi connectivity index (χ2n) is 7.38. The Morgan fingerprint density at radius 3 is 2.72 bits per heavy atom. The summed E-state index contributed by atoms with van der Waals surface area (Å²) in [6, 6.07) is 8.50. The monoisotopic (exact) mass is 440 g/mol. The highest BCUT2D eigenvalue weighted by molar-refractivity contribution is 7.13. The van der Waals surface area contributed by atoms with Crippen LogP contribution in [-0.4, -0.2) is 28.5 Å². The van der Waals surface area contributed by atoms with Gasteiger partial charge in [-0.1, -0.05) is 23.8 Å². The van der Waals surface area contributed by atoms with Gasteiger partial charge in [0.25, 0.3) is 0 Å². The zero-order chi connectivity index (χ0) is 21.0. The molecule has 1 aromatic carbocycles. The molecule has 0 amide bonds. The van der Waals surface area contributed by atoms with E-state index in [0.29, 0.717) is 29.8 Å². The molecule has 0 unspecified atom stereocenters. The van der Waals surface area contributed by atoms with E-state index in [1.807, 2.05) is 0 Å². The fourth-order valence-corrected chi connectivity index (χ4v) is 5.07. The topological polar surface area (TPSA) is 57.5 Å². The SMILES string of the molecule is O=C(O)c1ccc(CCC[C@@H]2[C@@H](/C=C/c3cc(Cl)cc(CO)c3)[C@H](F)C[C@H]2F)s1. The van der Waals surface area contributed by atoms with E-state index in [4.69, 9.17) is 16.7 Å². The number of hydrogen-bond donors (Lipinski definition) is 2. The number of allylic oxidation sites excluding steroid dienone is 1. The van der Waals surface area contributed by atoms with E-state index < -0.39 is 30.1 Å². The van der Waals surface area contributed by atoms with E-state index in [1.165, 1.54) is 11.3 Å². The van der Waals surface area contributed by atoms with Crippen LogP contribution in [0.25, 0.3) is 6.08 Å². The van der Waals surface area contributed by atoms with E-state index in [1.54, 1.807) is 42.5 Å². The van der Waals surface area contributed by atoms with Crippen molar-refractivity contribution in [3.8, 4) is 0 Å². The molecule has 2 N–H and O–H groups in total. The van der Waals surface area contributed by atoms with Crippen molar-refractivity contribution in [1.82, 2.24) is 0 Å². The zero-order valence-electron chi connectivity index (χ0n) is 15.7.